The van der Waals surface area contributed by atoms with E-state index in [-0.39, 0.29) is 12.2 Å². The van der Waals surface area contributed by atoms with Crippen LogP contribution in [-0.2, 0) is 4.74 Å². The van der Waals surface area contributed by atoms with Crippen molar-refractivity contribution in [3.05, 3.63) is 44.0 Å². The molecule has 6 heteroatoms. The molecule has 0 aliphatic heterocycles. The average Bonchev–Trinajstić information content (AvgIpc) is 2.76. The lowest BCUT2D eigenvalue weighted by Crippen LogP contribution is -2.16. The second-order valence-corrected chi connectivity index (χ2v) is 5.81. The Bertz CT molecular complexity index is 629. The maximum Gasteiger partial charge on any atom is 0.345 e. The molecule has 0 bridgehead atoms. The van der Waals surface area contributed by atoms with Crippen molar-refractivity contribution in [2.24, 2.45) is 0 Å². The molecule has 4 nitrogen and oxygen atoms in total. The predicted octanol–water partition coefficient (Wildman–Crippen LogP) is 3.31. The van der Waals surface area contributed by atoms with Gasteiger partial charge in [0.05, 0.1) is 15.3 Å². The van der Waals surface area contributed by atoms with Crippen molar-refractivity contribution in [3.63, 3.8) is 0 Å². The number of carbonyl (C=O) groups excluding carboxylic acids is 1. The van der Waals surface area contributed by atoms with Crippen molar-refractivity contribution in [3.8, 4) is 10.6 Å². The van der Waals surface area contributed by atoms with Crippen LogP contribution in [0.4, 0.5) is 0 Å². The van der Waals surface area contributed by atoms with Gasteiger partial charge in [0, 0.05) is 6.07 Å². The Labute approximate surface area is 115 Å². The van der Waals surface area contributed by atoms with E-state index in [9.17, 15) is 9.59 Å². The summed E-state index contributed by atoms with van der Waals surface area (Å²) in [6.07, 6.45) is 1.14. The van der Waals surface area contributed by atoms with Crippen LogP contribution in [0.15, 0.2) is 37.5 Å². The number of hydrogen-bond donors (Lipinski definition) is 0. The molecule has 0 spiro atoms. The number of halogens is 1. The summed E-state index contributed by atoms with van der Waals surface area (Å²) < 4.78 is 11.0. The van der Waals surface area contributed by atoms with Crippen molar-refractivity contribution in [1.29, 1.82) is 0 Å². The van der Waals surface area contributed by atoms with E-state index >= 15 is 0 Å². The van der Waals surface area contributed by atoms with Crippen LogP contribution in [0.2, 0.25) is 0 Å². The van der Waals surface area contributed by atoms with Crippen LogP contribution in [0.5, 0.6) is 0 Å². The molecule has 0 amide bonds. The first-order chi connectivity index (χ1) is 8.61. The third kappa shape index (κ3) is 2.70. The van der Waals surface area contributed by atoms with Crippen LogP contribution in [0.1, 0.15) is 17.3 Å². The third-order valence-electron chi connectivity index (χ3n) is 2.14. The first-order valence-corrected chi connectivity index (χ1v) is 6.78. The van der Waals surface area contributed by atoms with Gasteiger partial charge in [-0.2, -0.15) is 0 Å². The predicted molar refractivity (Wildman–Crippen MR) is 71.9 cm³/mol. The first-order valence-electron chi connectivity index (χ1n) is 5.17. The zero-order valence-corrected chi connectivity index (χ0v) is 11.8. The van der Waals surface area contributed by atoms with Crippen molar-refractivity contribution in [2.45, 2.75) is 6.92 Å². The molecule has 0 atom stereocenters. The summed E-state index contributed by atoms with van der Waals surface area (Å²) in [5.41, 5.74) is -0.490. The molecule has 94 valence electrons. The zero-order valence-electron chi connectivity index (χ0n) is 9.44. The first kappa shape index (κ1) is 13.0. The molecule has 0 saturated carbocycles. The second kappa shape index (κ2) is 5.49. The van der Waals surface area contributed by atoms with Gasteiger partial charge in [0.1, 0.15) is 17.6 Å². The van der Waals surface area contributed by atoms with Gasteiger partial charge in [0.25, 0.3) is 0 Å². The number of ether oxygens (including phenoxy) is 1. The minimum atomic E-state index is -0.662. The number of thiophene rings is 1. The van der Waals surface area contributed by atoms with Crippen LogP contribution in [-0.4, -0.2) is 12.6 Å². The fourth-order valence-electron chi connectivity index (χ4n) is 1.34. The molecule has 0 saturated heterocycles. The summed E-state index contributed by atoms with van der Waals surface area (Å²) in [6, 6.07) is 4.99. The van der Waals surface area contributed by atoms with E-state index < -0.39 is 11.4 Å². The topological polar surface area (TPSA) is 56.5 Å². The molecule has 2 aromatic rings. The fourth-order valence-corrected chi connectivity index (χ4v) is 2.69. The van der Waals surface area contributed by atoms with Crippen molar-refractivity contribution in [1.82, 2.24) is 0 Å². The third-order valence-corrected chi connectivity index (χ3v) is 3.78. The minimum absolute atomic E-state index is 0.0868. The van der Waals surface area contributed by atoms with Crippen LogP contribution in [0, 0.1) is 0 Å². The molecule has 0 N–H and O–H groups in total. The number of esters is 1. The largest absolute Gasteiger partial charge is 0.462 e. The normalized spacial score (nSPS) is 10.3. The van der Waals surface area contributed by atoms with E-state index in [0.29, 0.717) is 5.76 Å². The number of rotatable bonds is 3. The molecule has 2 rings (SSSR count). The lowest BCUT2D eigenvalue weighted by molar-refractivity contribution is 0.0522. The molecule has 2 heterocycles. The Morgan fingerprint density at radius 3 is 2.83 bits per heavy atom. The molecular formula is C12H9BrO4S. The van der Waals surface area contributed by atoms with Crippen molar-refractivity contribution < 1.29 is 13.9 Å². The van der Waals surface area contributed by atoms with Gasteiger partial charge in [-0.3, -0.25) is 4.79 Å². The van der Waals surface area contributed by atoms with Gasteiger partial charge in [0.2, 0.25) is 0 Å². The van der Waals surface area contributed by atoms with E-state index in [1.807, 2.05) is 12.1 Å². The van der Waals surface area contributed by atoms with E-state index in [2.05, 4.69) is 15.9 Å². The van der Waals surface area contributed by atoms with Crippen LogP contribution in [0.25, 0.3) is 10.6 Å². The fraction of sp³-hybridized carbons (Fsp3) is 0.167. The Hall–Kier alpha value is -1.40. The van der Waals surface area contributed by atoms with Gasteiger partial charge >= 0.3 is 5.97 Å². The number of carbonyl (C=O) groups is 1. The SMILES string of the molecule is CCOC(=O)c1coc(-c2ccc(Br)s2)cc1=O. The van der Waals surface area contributed by atoms with Crippen LogP contribution in [0.3, 0.4) is 0 Å². The van der Waals surface area contributed by atoms with Gasteiger partial charge in [-0.1, -0.05) is 0 Å². The highest BCUT2D eigenvalue weighted by Gasteiger charge is 2.14. The maximum atomic E-state index is 11.8. The Kier molecular flexibility index (Phi) is 3.98. The summed E-state index contributed by atoms with van der Waals surface area (Å²) in [5, 5.41) is 0. The highest BCUT2D eigenvalue weighted by Crippen LogP contribution is 2.30. The highest BCUT2D eigenvalue weighted by atomic mass is 79.9. The maximum absolute atomic E-state index is 11.8. The Morgan fingerprint density at radius 1 is 1.50 bits per heavy atom. The van der Waals surface area contributed by atoms with E-state index in [4.69, 9.17) is 9.15 Å². The molecule has 0 radical (unpaired) electrons. The van der Waals surface area contributed by atoms with Gasteiger partial charge in [0.15, 0.2) is 5.43 Å². The minimum Gasteiger partial charge on any atom is -0.462 e. The van der Waals surface area contributed by atoms with Gasteiger partial charge in [-0.05, 0) is 35.0 Å². The van der Waals surface area contributed by atoms with Crippen molar-refractivity contribution >= 4 is 33.2 Å². The van der Waals surface area contributed by atoms with Crippen molar-refractivity contribution in [2.75, 3.05) is 6.61 Å². The van der Waals surface area contributed by atoms with Gasteiger partial charge < -0.3 is 9.15 Å². The molecule has 2 aromatic heterocycles. The molecular weight excluding hydrogens is 320 g/mol. The molecule has 0 aliphatic carbocycles. The molecule has 0 fully saturated rings. The monoisotopic (exact) mass is 328 g/mol. The molecule has 0 aromatic carbocycles. The molecule has 18 heavy (non-hydrogen) atoms. The Balaban J connectivity index is 2.36. The standard InChI is InChI=1S/C12H9BrO4S/c1-2-16-12(15)7-6-17-9(5-8(7)14)10-3-4-11(13)18-10/h3-6H,2H2,1H3. The molecule has 0 unspecified atom stereocenters. The average molecular weight is 329 g/mol. The van der Waals surface area contributed by atoms with E-state index in [0.717, 1.165) is 14.9 Å². The lowest BCUT2D eigenvalue weighted by atomic mass is 10.2. The Morgan fingerprint density at radius 2 is 2.28 bits per heavy atom. The summed E-state index contributed by atoms with van der Waals surface area (Å²) in [7, 11) is 0. The second-order valence-electron chi connectivity index (χ2n) is 3.35. The quantitative estimate of drug-likeness (QED) is 0.811. The van der Waals surface area contributed by atoms with Crippen LogP contribution < -0.4 is 5.43 Å². The highest BCUT2D eigenvalue weighted by molar-refractivity contribution is 9.11. The molecule has 0 aliphatic rings. The van der Waals surface area contributed by atoms with Crippen LogP contribution >= 0.6 is 27.3 Å². The van der Waals surface area contributed by atoms with E-state index in [1.54, 1.807) is 6.92 Å². The number of hydrogen-bond acceptors (Lipinski definition) is 5. The smallest absolute Gasteiger partial charge is 0.345 e. The van der Waals surface area contributed by atoms with E-state index in [1.165, 1.54) is 17.4 Å². The summed E-state index contributed by atoms with van der Waals surface area (Å²) >= 11 is 4.77. The summed E-state index contributed by atoms with van der Waals surface area (Å²) in [4.78, 5) is 24.0. The lowest BCUT2D eigenvalue weighted by Gasteiger charge is -2.01. The van der Waals surface area contributed by atoms with Gasteiger partial charge in [-0.25, -0.2) is 4.79 Å². The zero-order chi connectivity index (χ0) is 13.1. The summed E-state index contributed by atoms with van der Waals surface area (Å²) in [5.74, 6) is -0.228. The summed E-state index contributed by atoms with van der Waals surface area (Å²) in [6.45, 7) is 1.90. The van der Waals surface area contributed by atoms with Gasteiger partial charge in [-0.15, -0.1) is 11.3 Å².